The first-order valence-corrected chi connectivity index (χ1v) is 4.75. The van der Waals surface area contributed by atoms with Gasteiger partial charge in [-0.25, -0.2) is 0 Å². The van der Waals surface area contributed by atoms with Crippen LogP contribution in [0.4, 0.5) is 0 Å². The molecule has 0 saturated carbocycles. The molecule has 0 aromatic heterocycles. The molecule has 2 N–H and O–H groups in total. The maximum absolute atomic E-state index is 8.89. The lowest BCUT2D eigenvalue weighted by molar-refractivity contribution is 0.0664. The second kappa shape index (κ2) is 10.9. The fourth-order valence-electron chi connectivity index (χ4n) is 0.957. The van der Waals surface area contributed by atoms with Crippen LogP contribution in [0.2, 0.25) is 0 Å². The molecule has 0 aliphatic rings. The molecular weight excluding hydrogens is 186 g/mol. The van der Waals surface area contributed by atoms with Gasteiger partial charge < -0.3 is 24.6 Å². The molecule has 0 aromatic carbocycles. The molecule has 1 unspecified atom stereocenters. The van der Waals surface area contributed by atoms with Crippen LogP contribution >= 0.6 is 0 Å². The molecule has 0 aliphatic carbocycles. The van der Waals surface area contributed by atoms with Crippen molar-refractivity contribution in [2.75, 3.05) is 53.8 Å². The van der Waals surface area contributed by atoms with E-state index in [2.05, 4.69) is 5.32 Å². The smallest absolute Gasteiger partial charge is 0.0700 e. The molecule has 0 bridgehead atoms. The summed E-state index contributed by atoms with van der Waals surface area (Å²) in [5.41, 5.74) is 0. The van der Waals surface area contributed by atoms with Gasteiger partial charge in [0.2, 0.25) is 0 Å². The number of nitrogens with one attached hydrogen (secondary N) is 1. The first kappa shape index (κ1) is 13.8. The molecule has 0 saturated heterocycles. The number of hydrogen-bond acceptors (Lipinski definition) is 5. The molecule has 86 valence electrons. The van der Waals surface area contributed by atoms with Gasteiger partial charge in [-0.2, -0.15) is 0 Å². The average Bonchev–Trinajstić information content (AvgIpc) is 2.21. The summed E-state index contributed by atoms with van der Waals surface area (Å²) in [5.74, 6) is 0. The fraction of sp³-hybridized carbons (Fsp3) is 1.00. The van der Waals surface area contributed by atoms with E-state index in [9.17, 15) is 0 Å². The predicted octanol–water partition coefficient (Wildman–Crippen LogP) is -0.754. The summed E-state index contributed by atoms with van der Waals surface area (Å²) >= 11 is 0. The third-order valence-corrected chi connectivity index (χ3v) is 1.70. The highest BCUT2D eigenvalue weighted by atomic mass is 16.5. The van der Waals surface area contributed by atoms with E-state index in [0.717, 1.165) is 0 Å². The molecule has 0 radical (unpaired) electrons. The Labute approximate surface area is 85.3 Å². The first-order valence-electron chi connectivity index (χ1n) is 4.75. The Morgan fingerprint density at radius 1 is 1.14 bits per heavy atom. The van der Waals surface area contributed by atoms with Crippen molar-refractivity contribution in [3.63, 3.8) is 0 Å². The van der Waals surface area contributed by atoms with Crippen LogP contribution in [0.3, 0.4) is 0 Å². The Kier molecular flexibility index (Phi) is 10.7. The summed E-state index contributed by atoms with van der Waals surface area (Å²) in [4.78, 5) is 0. The lowest BCUT2D eigenvalue weighted by Crippen LogP contribution is -2.38. The molecule has 0 aromatic rings. The van der Waals surface area contributed by atoms with E-state index in [1.807, 2.05) is 0 Å². The van der Waals surface area contributed by atoms with Crippen molar-refractivity contribution in [1.82, 2.24) is 5.32 Å². The number of methoxy groups -OCH3 is 2. The summed E-state index contributed by atoms with van der Waals surface area (Å²) in [6, 6.07) is -0.00831. The third-order valence-electron chi connectivity index (χ3n) is 1.70. The average molecular weight is 207 g/mol. The van der Waals surface area contributed by atoms with Crippen molar-refractivity contribution in [2.45, 2.75) is 6.04 Å². The van der Waals surface area contributed by atoms with Gasteiger partial charge in [0.1, 0.15) is 0 Å². The highest BCUT2D eigenvalue weighted by molar-refractivity contribution is 4.63. The van der Waals surface area contributed by atoms with Gasteiger partial charge in [-0.1, -0.05) is 0 Å². The number of rotatable bonds is 10. The van der Waals surface area contributed by atoms with Gasteiger partial charge >= 0.3 is 0 Å². The zero-order valence-electron chi connectivity index (χ0n) is 8.99. The fourth-order valence-corrected chi connectivity index (χ4v) is 0.957. The highest BCUT2D eigenvalue weighted by Crippen LogP contribution is 1.83. The summed E-state index contributed by atoms with van der Waals surface area (Å²) < 4.78 is 15.0. The minimum atomic E-state index is -0.00831. The molecule has 0 spiro atoms. The summed E-state index contributed by atoms with van der Waals surface area (Å²) in [6.45, 7) is 3.12. The largest absolute Gasteiger partial charge is 0.395 e. The molecule has 14 heavy (non-hydrogen) atoms. The van der Waals surface area contributed by atoms with Crippen molar-refractivity contribution >= 4 is 0 Å². The number of aliphatic hydroxyl groups excluding tert-OH is 1. The van der Waals surface area contributed by atoms with Crippen molar-refractivity contribution in [1.29, 1.82) is 0 Å². The van der Waals surface area contributed by atoms with E-state index >= 15 is 0 Å². The van der Waals surface area contributed by atoms with Gasteiger partial charge in [-0.15, -0.1) is 0 Å². The van der Waals surface area contributed by atoms with Crippen LogP contribution in [-0.2, 0) is 14.2 Å². The Bertz CT molecular complexity index is 113. The number of aliphatic hydroxyl groups is 1. The molecular formula is C9H21NO4. The Balaban J connectivity index is 3.15. The zero-order valence-corrected chi connectivity index (χ0v) is 8.99. The maximum atomic E-state index is 8.89. The molecule has 5 heteroatoms. The molecule has 5 nitrogen and oxygen atoms in total. The van der Waals surface area contributed by atoms with Crippen LogP contribution in [0, 0.1) is 0 Å². The standard InChI is InChI=1S/C9H21NO4/c1-12-5-6-14-4-3-10-9(7-11)8-13-2/h9-11H,3-8H2,1-2H3. The SMILES string of the molecule is COCCOCCNC(CO)COC. The minimum absolute atomic E-state index is 0.00831. The van der Waals surface area contributed by atoms with Gasteiger partial charge in [0.25, 0.3) is 0 Å². The minimum Gasteiger partial charge on any atom is -0.395 e. The second-order valence-corrected chi connectivity index (χ2v) is 2.89. The molecule has 1 atom stereocenters. The lowest BCUT2D eigenvalue weighted by atomic mass is 10.3. The van der Waals surface area contributed by atoms with Crippen molar-refractivity contribution in [3.05, 3.63) is 0 Å². The maximum Gasteiger partial charge on any atom is 0.0700 e. The predicted molar refractivity (Wildman–Crippen MR) is 53.4 cm³/mol. The van der Waals surface area contributed by atoms with E-state index in [1.54, 1.807) is 14.2 Å². The van der Waals surface area contributed by atoms with Gasteiger partial charge in [-0.05, 0) is 0 Å². The Morgan fingerprint density at radius 2 is 1.93 bits per heavy atom. The molecule has 0 fully saturated rings. The van der Waals surface area contributed by atoms with Crippen LogP contribution in [0.15, 0.2) is 0 Å². The summed E-state index contributed by atoms with van der Waals surface area (Å²) in [6.07, 6.45) is 0. The molecule has 0 aliphatic heterocycles. The van der Waals surface area contributed by atoms with E-state index < -0.39 is 0 Å². The van der Waals surface area contributed by atoms with Crippen LogP contribution in [0.5, 0.6) is 0 Å². The van der Waals surface area contributed by atoms with Gasteiger partial charge in [0.05, 0.1) is 39.1 Å². The molecule has 0 amide bonds. The third kappa shape index (κ3) is 8.40. The van der Waals surface area contributed by atoms with Crippen molar-refractivity contribution in [3.8, 4) is 0 Å². The monoisotopic (exact) mass is 207 g/mol. The number of hydrogen-bond donors (Lipinski definition) is 2. The Morgan fingerprint density at radius 3 is 2.50 bits per heavy atom. The number of ether oxygens (including phenoxy) is 3. The van der Waals surface area contributed by atoms with Gasteiger partial charge in [0, 0.05) is 20.8 Å². The highest BCUT2D eigenvalue weighted by Gasteiger charge is 2.04. The van der Waals surface area contributed by atoms with Crippen molar-refractivity contribution < 1.29 is 19.3 Å². The lowest BCUT2D eigenvalue weighted by Gasteiger charge is -2.14. The van der Waals surface area contributed by atoms with Crippen LogP contribution in [-0.4, -0.2) is 64.9 Å². The van der Waals surface area contributed by atoms with E-state index in [1.165, 1.54) is 0 Å². The first-order chi connectivity index (χ1) is 6.85. The van der Waals surface area contributed by atoms with Crippen LogP contribution in [0.1, 0.15) is 0 Å². The quantitative estimate of drug-likeness (QED) is 0.461. The van der Waals surface area contributed by atoms with E-state index in [-0.39, 0.29) is 12.6 Å². The molecule has 0 rings (SSSR count). The Hall–Kier alpha value is -0.200. The second-order valence-electron chi connectivity index (χ2n) is 2.89. The van der Waals surface area contributed by atoms with Crippen LogP contribution in [0.25, 0.3) is 0 Å². The van der Waals surface area contributed by atoms with E-state index in [0.29, 0.717) is 33.0 Å². The van der Waals surface area contributed by atoms with Gasteiger partial charge in [0.15, 0.2) is 0 Å². The summed E-state index contributed by atoms with van der Waals surface area (Å²) in [5, 5.41) is 12.0. The normalized spacial score (nSPS) is 13.1. The van der Waals surface area contributed by atoms with Crippen molar-refractivity contribution in [2.24, 2.45) is 0 Å². The van der Waals surface area contributed by atoms with E-state index in [4.69, 9.17) is 19.3 Å². The summed E-state index contributed by atoms with van der Waals surface area (Å²) in [7, 11) is 3.25. The molecule has 0 heterocycles. The van der Waals surface area contributed by atoms with Crippen LogP contribution < -0.4 is 5.32 Å². The van der Waals surface area contributed by atoms with Gasteiger partial charge in [-0.3, -0.25) is 0 Å². The zero-order chi connectivity index (χ0) is 10.6. The topological polar surface area (TPSA) is 60.0 Å².